The molecule has 0 aliphatic heterocycles. The third-order valence-electron chi connectivity index (χ3n) is 5.74. The number of thioether (sulfide) groups is 1. The topological polar surface area (TPSA) is 110 Å². The standard InChI is InChI=1S/C28H19Cl2N7O2S/c1-31-25-24(19-6-2-4-17(10-19)13-37-16-32-15-33-37)35-28(36-27(25)39)40-14-18-5-3-7-21(11-18)34-26(38)20-8-9-22(29)23(30)12-20/h2-12,15-16H,13-14H2,(H,34,38)(H,35,36,39). The molecular weight excluding hydrogens is 569 g/mol. The zero-order chi connectivity index (χ0) is 28.1. The van der Waals surface area contributed by atoms with E-state index in [1.165, 1.54) is 24.2 Å². The summed E-state index contributed by atoms with van der Waals surface area (Å²) in [6.45, 7) is 8.04. The van der Waals surface area contributed by atoms with Crippen LogP contribution in [-0.2, 0) is 12.3 Å². The lowest BCUT2D eigenvalue weighted by atomic mass is 10.1. The zero-order valence-electron chi connectivity index (χ0n) is 20.6. The van der Waals surface area contributed by atoms with E-state index in [0.29, 0.717) is 50.0 Å². The third-order valence-corrected chi connectivity index (χ3v) is 7.42. The Labute approximate surface area is 243 Å². The number of aromatic nitrogens is 5. The van der Waals surface area contributed by atoms with Gasteiger partial charge in [0.05, 0.1) is 28.9 Å². The second-order valence-electron chi connectivity index (χ2n) is 8.55. The number of carbonyl (C=O) groups is 1. The number of rotatable bonds is 8. The average molecular weight is 588 g/mol. The summed E-state index contributed by atoms with van der Waals surface area (Å²) in [5.74, 6) is 0.141. The van der Waals surface area contributed by atoms with Crippen LogP contribution in [0.25, 0.3) is 16.1 Å². The Morgan fingerprint density at radius 2 is 1.88 bits per heavy atom. The Kier molecular flexibility index (Phi) is 8.26. The van der Waals surface area contributed by atoms with Crippen molar-refractivity contribution in [2.45, 2.75) is 17.5 Å². The molecular formula is C28H19Cl2N7O2S. The Balaban J connectivity index is 1.33. The molecule has 5 aromatic rings. The van der Waals surface area contributed by atoms with Gasteiger partial charge in [-0.1, -0.05) is 65.3 Å². The molecule has 1 amide bonds. The van der Waals surface area contributed by atoms with Gasteiger partial charge in [-0.25, -0.2) is 19.5 Å². The summed E-state index contributed by atoms with van der Waals surface area (Å²) in [6, 6.07) is 19.5. The zero-order valence-corrected chi connectivity index (χ0v) is 23.0. The Morgan fingerprint density at radius 3 is 2.65 bits per heavy atom. The van der Waals surface area contributed by atoms with Crippen molar-refractivity contribution in [1.29, 1.82) is 0 Å². The molecule has 0 spiro atoms. The van der Waals surface area contributed by atoms with Gasteiger partial charge in [-0.3, -0.25) is 9.59 Å². The number of amides is 1. The molecule has 0 saturated carbocycles. The monoisotopic (exact) mass is 587 g/mol. The van der Waals surface area contributed by atoms with Crippen molar-refractivity contribution in [3.8, 4) is 11.3 Å². The highest BCUT2D eigenvalue weighted by molar-refractivity contribution is 7.98. The molecule has 3 aromatic carbocycles. The molecule has 9 nitrogen and oxygen atoms in total. The van der Waals surface area contributed by atoms with Crippen LogP contribution in [0.4, 0.5) is 11.4 Å². The maximum absolute atomic E-state index is 12.8. The molecule has 198 valence electrons. The van der Waals surface area contributed by atoms with Crippen LogP contribution in [0.1, 0.15) is 21.5 Å². The normalized spacial score (nSPS) is 10.7. The minimum atomic E-state index is -0.508. The fourth-order valence-electron chi connectivity index (χ4n) is 3.87. The first-order valence-corrected chi connectivity index (χ1v) is 13.6. The van der Waals surface area contributed by atoms with Gasteiger partial charge >= 0.3 is 0 Å². The van der Waals surface area contributed by atoms with Crippen LogP contribution < -0.4 is 10.9 Å². The average Bonchev–Trinajstić information content (AvgIpc) is 3.46. The molecule has 12 heteroatoms. The van der Waals surface area contributed by atoms with E-state index < -0.39 is 5.56 Å². The van der Waals surface area contributed by atoms with Crippen LogP contribution in [0.2, 0.25) is 10.0 Å². The highest BCUT2D eigenvalue weighted by Gasteiger charge is 2.15. The first-order chi connectivity index (χ1) is 19.4. The van der Waals surface area contributed by atoms with Gasteiger partial charge < -0.3 is 10.3 Å². The minimum Gasteiger partial charge on any atom is -0.322 e. The molecule has 0 fully saturated rings. The predicted octanol–water partition coefficient (Wildman–Crippen LogP) is 6.48. The van der Waals surface area contributed by atoms with Crippen LogP contribution in [0.3, 0.4) is 0 Å². The van der Waals surface area contributed by atoms with Crippen molar-refractivity contribution in [1.82, 2.24) is 24.7 Å². The molecule has 0 atom stereocenters. The lowest BCUT2D eigenvalue weighted by molar-refractivity contribution is 0.102. The van der Waals surface area contributed by atoms with E-state index in [1.54, 1.807) is 29.2 Å². The van der Waals surface area contributed by atoms with Crippen molar-refractivity contribution in [2.24, 2.45) is 0 Å². The minimum absolute atomic E-state index is 0.0748. The number of aromatic amines is 1. The number of hydrogen-bond acceptors (Lipinski definition) is 6. The third kappa shape index (κ3) is 6.40. The maximum Gasteiger partial charge on any atom is 0.276 e. The van der Waals surface area contributed by atoms with Crippen LogP contribution in [0, 0.1) is 6.57 Å². The van der Waals surface area contributed by atoms with Crippen molar-refractivity contribution in [2.75, 3.05) is 5.32 Å². The first kappa shape index (κ1) is 27.1. The smallest absolute Gasteiger partial charge is 0.276 e. The van der Waals surface area contributed by atoms with Gasteiger partial charge in [-0.2, -0.15) is 5.10 Å². The summed E-state index contributed by atoms with van der Waals surface area (Å²) in [7, 11) is 0. The van der Waals surface area contributed by atoms with Crippen molar-refractivity contribution in [3.63, 3.8) is 0 Å². The van der Waals surface area contributed by atoms with Crippen molar-refractivity contribution in [3.05, 3.63) is 128 Å². The SMILES string of the molecule is [C-]#[N+]c1c(-c2cccc(Cn3cncn3)c2)nc(SCc2cccc(NC(=O)c3ccc(Cl)c(Cl)c3)c2)[nH]c1=O. The van der Waals surface area contributed by atoms with Gasteiger partial charge in [0, 0.05) is 17.0 Å². The highest BCUT2D eigenvalue weighted by Crippen LogP contribution is 2.29. The molecule has 2 aromatic heterocycles. The van der Waals surface area contributed by atoms with E-state index in [0.717, 1.165) is 11.1 Å². The van der Waals surface area contributed by atoms with Gasteiger partial charge in [0.1, 0.15) is 12.7 Å². The molecule has 0 bridgehead atoms. The van der Waals surface area contributed by atoms with E-state index in [-0.39, 0.29) is 11.6 Å². The van der Waals surface area contributed by atoms with Gasteiger partial charge in [-0.15, -0.1) is 0 Å². The quantitative estimate of drug-likeness (QED) is 0.122. The number of H-pyrrole nitrogens is 1. The van der Waals surface area contributed by atoms with E-state index in [9.17, 15) is 9.59 Å². The number of anilines is 1. The van der Waals surface area contributed by atoms with Gasteiger partial charge in [0.25, 0.3) is 17.2 Å². The number of benzene rings is 3. The van der Waals surface area contributed by atoms with E-state index in [4.69, 9.17) is 29.8 Å². The van der Waals surface area contributed by atoms with Crippen molar-refractivity contribution >= 4 is 52.2 Å². The van der Waals surface area contributed by atoms with E-state index in [1.807, 2.05) is 42.5 Å². The van der Waals surface area contributed by atoms with Gasteiger partial charge in [-0.05, 0) is 53.1 Å². The molecule has 2 heterocycles. The second kappa shape index (κ2) is 12.2. The molecule has 0 radical (unpaired) electrons. The van der Waals surface area contributed by atoms with Gasteiger partial charge in [0.2, 0.25) is 0 Å². The van der Waals surface area contributed by atoms with Crippen molar-refractivity contribution < 1.29 is 4.79 Å². The number of nitrogens with one attached hydrogen (secondary N) is 2. The first-order valence-electron chi connectivity index (χ1n) is 11.8. The van der Waals surface area contributed by atoms with E-state index >= 15 is 0 Å². The number of carbonyl (C=O) groups excluding carboxylic acids is 1. The fraction of sp³-hybridized carbons (Fsp3) is 0.0714. The predicted molar refractivity (Wildman–Crippen MR) is 156 cm³/mol. The van der Waals surface area contributed by atoms with Crippen LogP contribution in [0.5, 0.6) is 0 Å². The van der Waals surface area contributed by atoms with Crippen LogP contribution in [-0.4, -0.2) is 30.6 Å². The van der Waals surface area contributed by atoms with Gasteiger partial charge in [0.15, 0.2) is 5.16 Å². The highest BCUT2D eigenvalue weighted by atomic mass is 35.5. The maximum atomic E-state index is 12.8. The molecule has 0 aliphatic carbocycles. The van der Waals surface area contributed by atoms with Crippen LogP contribution in [0.15, 0.2) is 89.3 Å². The number of nitrogens with zero attached hydrogens (tertiary/aromatic N) is 5. The lowest BCUT2D eigenvalue weighted by Crippen LogP contribution is -2.12. The summed E-state index contributed by atoms with van der Waals surface area (Å²) in [4.78, 5) is 40.1. The number of hydrogen-bond donors (Lipinski definition) is 2. The lowest BCUT2D eigenvalue weighted by Gasteiger charge is -2.10. The Morgan fingerprint density at radius 1 is 1.05 bits per heavy atom. The summed E-state index contributed by atoms with van der Waals surface area (Å²) in [5.41, 5.74) is 3.19. The molecule has 2 N–H and O–H groups in total. The van der Waals surface area contributed by atoms with Crippen LogP contribution >= 0.6 is 35.0 Å². The Bertz CT molecular complexity index is 1800. The molecule has 0 unspecified atom stereocenters. The fourth-order valence-corrected chi connectivity index (χ4v) is 4.97. The van der Waals surface area contributed by atoms with E-state index in [2.05, 4.69) is 30.2 Å². The summed E-state index contributed by atoms with van der Waals surface area (Å²) >= 11 is 13.3. The molecule has 40 heavy (non-hydrogen) atoms. The second-order valence-corrected chi connectivity index (χ2v) is 10.3. The summed E-state index contributed by atoms with van der Waals surface area (Å²) < 4.78 is 1.68. The molecule has 0 saturated heterocycles. The molecule has 5 rings (SSSR count). The Hall–Kier alpha value is -4.43. The largest absolute Gasteiger partial charge is 0.322 e. The molecule has 0 aliphatic rings. The summed E-state index contributed by atoms with van der Waals surface area (Å²) in [6.07, 6.45) is 3.08. The number of halogens is 2. The summed E-state index contributed by atoms with van der Waals surface area (Å²) in [5, 5.41) is 8.02.